The largest absolute Gasteiger partial charge is 0.429 e. The van der Waals surface area contributed by atoms with Gasteiger partial charge in [0.25, 0.3) is 0 Å². The molecule has 6 heteroatoms. The summed E-state index contributed by atoms with van der Waals surface area (Å²) in [5, 5.41) is 0.576. The zero-order valence-corrected chi connectivity index (χ0v) is 19.1. The highest BCUT2D eigenvalue weighted by Crippen LogP contribution is 2.39. The van der Waals surface area contributed by atoms with Crippen LogP contribution in [0.4, 0.5) is 22.0 Å². The number of halogens is 5. The van der Waals surface area contributed by atoms with Crippen molar-refractivity contribution in [2.75, 3.05) is 0 Å². The van der Waals surface area contributed by atoms with Gasteiger partial charge in [-0.3, -0.25) is 0 Å². The molecule has 4 aromatic rings. The van der Waals surface area contributed by atoms with Gasteiger partial charge in [0.05, 0.1) is 11.1 Å². The van der Waals surface area contributed by atoms with Gasteiger partial charge in [0, 0.05) is 0 Å². The van der Waals surface area contributed by atoms with E-state index < -0.39 is 17.8 Å². The average molecular weight is 470 g/mol. The van der Waals surface area contributed by atoms with Crippen molar-refractivity contribution in [2.45, 2.75) is 40.0 Å². The Morgan fingerprint density at radius 1 is 0.588 bits per heavy atom. The number of hydrogen-bond acceptors (Lipinski definition) is 1. The highest BCUT2D eigenvalue weighted by Gasteiger charge is 2.38. The predicted octanol–water partition coefficient (Wildman–Crippen LogP) is 8.89. The van der Waals surface area contributed by atoms with Crippen molar-refractivity contribution < 1.29 is 26.7 Å². The third-order valence-electron chi connectivity index (χ3n) is 5.91. The van der Waals surface area contributed by atoms with E-state index in [-0.39, 0.29) is 22.3 Å². The molecule has 0 bridgehead atoms. The summed E-state index contributed by atoms with van der Waals surface area (Å²) in [7, 11) is 0. The molecule has 0 aromatic heterocycles. The molecule has 0 aliphatic carbocycles. The zero-order chi connectivity index (χ0) is 24.8. The summed E-state index contributed by atoms with van der Waals surface area (Å²) in [5.41, 5.74) is 2.49. The van der Waals surface area contributed by atoms with E-state index in [1.54, 1.807) is 56.3 Å². The molecule has 0 fully saturated rings. The minimum atomic E-state index is -4.45. The summed E-state index contributed by atoms with van der Waals surface area (Å²) in [4.78, 5) is 0. The first-order valence-corrected chi connectivity index (χ1v) is 10.7. The number of rotatable bonds is 4. The van der Waals surface area contributed by atoms with Gasteiger partial charge in [-0.05, 0) is 84.5 Å². The van der Waals surface area contributed by atoms with Gasteiger partial charge in [0.2, 0.25) is 0 Å². The summed E-state index contributed by atoms with van der Waals surface area (Å²) < 4.78 is 75.4. The molecule has 0 unspecified atom stereocenters. The highest BCUT2D eigenvalue weighted by molar-refractivity contribution is 5.91. The maximum Gasteiger partial charge on any atom is 0.427 e. The first kappa shape index (κ1) is 23.7. The van der Waals surface area contributed by atoms with Crippen molar-refractivity contribution in [1.82, 2.24) is 0 Å². The van der Waals surface area contributed by atoms with Crippen LogP contribution in [0.2, 0.25) is 0 Å². The molecule has 0 heterocycles. The average Bonchev–Trinajstić information content (AvgIpc) is 2.71. The number of alkyl halides is 5. The molecule has 34 heavy (non-hydrogen) atoms. The van der Waals surface area contributed by atoms with Crippen LogP contribution in [0, 0.1) is 27.7 Å². The molecule has 0 N–H and O–H groups in total. The Morgan fingerprint density at radius 2 is 1.18 bits per heavy atom. The fourth-order valence-corrected chi connectivity index (χ4v) is 4.55. The van der Waals surface area contributed by atoms with Gasteiger partial charge in [-0.15, -0.1) is 0 Å². The standard InChI is InChI=1S/C28H23F5O/c1-16-13-18(3)25(19(4)14-16)28(32,33)34-23-10-7-20(8-11-23)21-9-12-24-22(15-21)6-5-17(2)26(24)27(29,30)31/h5-15H,1-4H3. The Hall–Kier alpha value is -3.41. The molecule has 0 amide bonds. The molecule has 1 nitrogen and oxygen atoms in total. The number of ether oxygens (including phenoxy) is 1. The maximum absolute atomic E-state index is 14.9. The summed E-state index contributed by atoms with van der Waals surface area (Å²) >= 11 is 0. The Labute approximate surface area is 194 Å². The smallest absolute Gasteiger partial charge is 0.427 e. The molecule has 0 atom stereocenters. The van der Waals surface area contributed by atoms with Gasteiger partial charge in [0.1, 0.15) is 5.75 Å². The Kier molecular flexibility index (Phi) is 5.88. The van der Waals surface area contributed by atoms with E-state index >= 15 is 0 Å². The lowest BCUT2D eigenvalue weighted by atomic mass is 9.95. The topological polar surface area (TPSA) is 9.23 Å². The van der Waals surface area contributed by atoms with E-state index in [4.69, 9.17) is 4.74 Å². The van der Waals surface area contributed by atoms with Crippen LogP contribution < -0.4 is 4.74 Å². The minimum absolute atomic E-state index is 0.0103. The van der Waals surface area contributed by atoms with Crippen molar-refractivity contribution in [3.05, 3.63) is 100 Å². The van der Waals surface area contributed by atoms with Crippen molar-refractivity contribution >= 4 is 10.8 Å². The number of benzene rings is 4. The van der Waals surface area contributed by atoms with E-state index in [0.717, 1.165) is 5.56 Å². The summed E-state index contributed by atoms with van der Waals surface area (Å²) in [6.07, 6.45) is -7.97. The number of hydrogen-bond donors (Lipinski definition) is 0. The normalized spacial score (nSPS) is 12.3. The van der Waals surface area contributed by atoms with Gasteiger partial charge in [-0.25, -0.2) is 0 Å². The second-order valence-corrected chi connectivity index (χ2v) is 8.61. The van der Waals surface area contributed by atoms with Crippen molar-refractivity contribution in [3.63, 3.8) is 0 Å². The molecule has 0 aliphatic rings. The van der Waals surface area contributed by atoms with Crippen LogP contribution >= 0.6 is 0 Å². The fraction of sp³-hybridized carbons (Fsp3) is 0.214. The first-order valence-electron chi connectivity index (χ1n) is 10.7. The third-order valence-corrected chi connectivity index (χ3v) is 5.91. The fourth-order valence-electron chi connectivity index (χ4n) is 4.55. The predicted molar refractivity (Wildman–Crippen MR) is 124 cm³/mol. The monoisotopic (exact) mass is 470 g/mol. The molecule has 0 spiro atoms. The van der Waals surface area contributed by atoms with Crippen molar-refractivity contribution in [3.8, 4) is 16.9 Å². The van der Waals surface area contributed by atoms with Gasteiger partial charge in [-0.2, -0.15) is 22.0 Å². The lowest BCUT2D eigenvalue weighted by Gasteiger charge is -2.22. The van der Waals surface area contributed by atoms with Crippen LogP contribution in [0.15, 0.2) is 66.7 Å². The quantitative estimate of drug-likeness (QED) is 0.271. The number of aryl methyl sites for hydroxylation is 4. The lowest BCUT2D eigenvalue weighted by molar-refractivity contribution is -0.186. The second kappa shape index (κ2) is 8.42. The van der Waals surface area contributed by atoms with Gasteiger partial charge >= 0.3 is 12.3 Å². The Morgan fingerprint density at radius 3 is 1.76 bits per heavy atom. The minimum Gasteiger partial charge on any atom is -0.429 e. The molecule has 0 radical (unpaired) electrons. The van der Waals surface area contributed by atoms with Gasteiger partial charge < -0.3 is 4.74 Å². The molecule has 4 rings (SSSR count). The SMILES string of the molecule is Cc1cc(C)c(C(F)(F)Oc2ccc(-c3ccc4c(C(F)(F)F)c(C)ccc4c3)cc2)c(C)c1. The van der Waals surface area contributed by atoms with Crippen LogP contribution in [0.3, 0.4) is 0 Å². The number of fused-ring (bicyclic) bond motifs is 1. The third kappa shape index (κ3) is 4.49. The van der Waals surface area contributed by atoms with E-state index in [1.165, 1.54) is 31.2 Å². The summed E-state index contributed by atoms with van der Waals surface area (Å²) in [6.45, 7) is 6.53. The van der Waals surface area contributed by atoms with E-state index in [9.17, 15) is 22.0 Å². The second-order valence-electron chi connectivity index (χ2n) is 8.61. The first-order chi connectivity index (χ1) is 15.9. The molecule has 4 aromatic carbocycles. The molecule has 0 saturated heterocycles. The van der Waals surface area contributed by atoms with Crippen LogP contribution in [-0.4, -0.2) is 0 Å². The molecule has 0 aliphatic heterocycles. The molecular formula is C28H23F5O. The zero-order valence-electron chi connectivity index (χ0n) is 19.1. The van der Waals surface area contributed by atoms with Crippen molar-refractivity contribution in [2.24, 2.45) is 0 Å². The van der Waals surface area contributed by atoms with Crippen LogP contribution in [0.1, 0.15) is 33.4 Å². The van der Waals surface area contributed by atoms with Crippen LogP contribution in [0.5, 0.6) is 5.75 Å². The summed E-state index contributed by atoms with van der Waals surface area (Å²) in [5.74, 6) is -0.0103. The van der Waals surface area contributed by atoms with Crippen molar-refractivity contribution in [1.29, 1.82) is 0 Å². The van der Waals surface area contributed by atoms with Gasteiger partial charge in [-0.1, -0.05) is 54.1 Å². The van der Waals surface area contributed by atoms with Gasteiger partial charge in [0.15, 0.2) is 0 Å². The molecular weight excluding hydrogens is 447 g/mol. The molecule has 176 valence electrons. The summed E-state index contributed by atoms with van der Waals surface area (Å²) in [6, 6.07) is 17.3. The van der Waals surface area contributed by atoms with E-state index in [0.29, 0.717) is 27.6 Å². The molecule has 0 saturated carbocycles. The van der Waals surface area contributed by atoms with E-state index in [2.05, 4.69) is 0 Å². The van der Waals surface area contributed by atoms with Crippen LogP contribution in [-0.2, 0) is 12.3 Å². The lowest BCUT2D eigenvalue weighted by Crippen LogP contribution is -2.24. The van der Waals surface area contributed by atoms with Crippen LogP contribution in [0.25, 0.3) is 21.9 Å². The Balaban J connectivity index is 1.64. The Bertz CT molecular complexity index is 1350. The van der Waals surface area contributed by atoms with E-state index in [1.807, 2.05) is 6.92 Å². The maximum atomic E-state index is 14.9. The highest BCUT2D eigenvalue weighted by atomic mass is 19.4.